The van der Waals surface area contributed by atoms with E-state index in [1.807, 2.05) is 22.7 Å². The molecule has 0 spiro atoms. The van der Waals surface area contributed by atoms with Crippen LogP contribution in [0.1, 0.15) is 51.3 Å². The highest BCUT2D eigenvalue weighted by Crippen LogP contribution is 2.53. The molecule has 1 N–H and O–H groups in total. The predicted molar refractivity (Wildman–Crippen MR) is 296 cm³/mol. The van der Waals surface area contributed by atoms with Gasteiger partial charge in [0.15, 0.2) is 7.28 Å². The number of nitrogens with one attached hydrogen (secondary N) is 1. The molecule has 3 aromatic heterocycles. The summed E-state index contributed by atoms with van der Waals surface area (Å²) in [5.41, 5.74) is 21.2. The Kier molecular flexibility index (Phi) is 8.47. The Bertz CT molecular complexity index is 4070. The lowest BCUT2D eigenvalue weighted by Gasteiger charge is -2.26. The first-order valence-electron chi connectivity index (χ1n) is 23.7. The standard InChI is InChI=1S/C63H46BN2S2/c1-62(2,3)38-24-26-39(27-25-38)65-52-34-50-44(40-20-12-14-22-49(40)63(50,4)5)30-45(52)42-28-29-43-46-33-56-47(41-21-13-15-23-55(41)67-56)31-53(46)66-54-32-48-57(35-51(54)64-59(42)60(43)66)68-61(37-18-10-7-11-19-37)58(48)36-16-8-6-9-17-36/h6-35,65H,1-5H3. The highest BCUT2D eigenvalue weighted by atomic mass is 32.1. The van der Waals surface area contributed by atoms with Gasteiger partial charge in [0.05, 0.1) is 5.52 Å². The lowest BCUT2D eigenvalue weighted by molar-refractivity contribution is 0.590. The van der Waals surface area contributed by atoms with Crippen LogP contribution in [0.4, 0.5) is 11.4 Å². The van der Waals surface area contributed by atoms with Gasteiger partial charge >= 0.3 is 0 Å². The number of aromatic nitrogens is 1. The summed E-state index contributed by atoms with van der Waals surface area (Å²) in [6, 6.07) is 68.6. The van der Waals surface area contributed by atoms with E-state index < -0.39 is 0 Å². The summed E-state index contributed by atoms with van der Waals surface area (Å²) < 4.78 is 6.55. The molecule has 9 aromatic carbocycles. The molecule has 12 aromatic rings. The maximum atomic E-state index is 4.00. The number of hydrogen-bond acceptors (Lipinski definition) is 3. The van der Waals surface area contributed by atoms with E-state index in [0.717, 1.165) is 11.4 Å². The van der Waals surface area contributed by atoms with Crippen molar-refractivity contribution in [1.29, 1.82) is 0 Å². The molecule has 14 rings (SSSR count). The van der Waals surface area contributed by atoms with Crippen molar-refractivity contribution >= 4 is 104 Å². The van der Waals surface area contributed by atoms with Crippen LogP contribution in [0.5, 0.6) is 0 Å². The summed E-state index contributed by atoms with van der Waals surface area (Å²) >= 11 is 3.80. The summed E-state index contributed by atoms with van der Waals surface area (Å²) in [6.45, 7) is 11.6. The minimum absolute atomic E-state index is 0.0683. The average molecular weight is 906 g/mol. The van der Waals surface area contributed by atoms with Crippen LogP contribution in [0, 0.1) is 0 Å². The third kappa shape index (κ3) is 5.82. The van der Waals surface area contributed by atoms with E-state index in [-0.39, 0.29) is 10.8 Å². The van der Waals surface area contributed by atoms with Crippen LogP contribution in [0.2, 0.25) is 0 Å². The van der Waals surface area contributed by atoms with Gasteiger partial charge in [-0.15, -0.1) is 22.7 Å². The summed E-state index contributed by atoms with van der Waals surface area (Å²) in [5, 5.41) is 10.5. The van der Waals surface area contributed by atoms with E-state index in [1.165, 1.54) is 129 Å². The highest BCUT2D eigenvalue weighted by Gasteiger charge is 2.37. The fraction of sp³-hybridized carbons (Fsp3) is 0.111. The van der Waals surface area contributed by atoms with E-state index in [9.17, 15) is 0 Å². The minimum atomic E-state index is -0.146. The molecule has 0 atom stereocenters. The molecule has 4 heterocycles. The molecule has 0 fully saturated rings. The minimum Gasteiger partial charge on any atom is -0.355 e. The topological polar surface area (TPSA) is 17.0 Å². The normalized spacial score (nSPS) is 13.6. The van der Waals surface area contributed by atoms with E-state index >= 15 is 0 Å². The molecule has 5 heteroatoms. The van der Waals surface area contributed by atoms with Crippen molar-refractivity contribution in [2.24, 2.45) is 0 Å². The first-order valence-corrected chi connectivity index (χ1v) is 25.4. The first kappa shape index (κ1) is 39.9. The summed E-state index contributed by atoms with van der Waals surface area (Å²) in [7, 11) is 2.50. The van der Waals surface area contributed by atoms with Crippen molar-refractivity contribution < 1.29 is 0 Å². The molecule has 1 aliphatic heterocycles. The maximum Gasteiger partial charge on any atom is 0.197 e. The zero-order valence-corrected chi connectivity index (χ0v) is 40.3. The molecule has 0 saturated carbocycles. The second-order valence-electron chi connectivity index (χ2n) is 20.4. The molecule has 2 aliphatic rings. The molecule has 1 radical (unpaired) electrons. The van der Waals surface area contributed by atoms with Crippen molar-refractivity contribution in [3.8, 4) is 49.5 Å². The molecule has 0 unspecified atom stereocenters. The molecule has 68 heavy (non-hydrogen) atoms. The number of nitrogens with zero attached hydrogens (tertiary/aromatic N) is 1. The number of fused-ring (bicyclic) bond motifs is 12. The van der Waals surface area contributed by atoms with Crippen molar-refractivity contribution in [2.45, 2.75) is 45.4 Å². The first-order chi connectivity index (χ1) is 33.1. The summed E-state index contributed by atoms with van der Waals surface area (Å²) in [5.74, 6) is 0. The van der Waals surface area contributed by atoms with Crippen LogP contribution in [-0.4, -0.2) is 11.8 Å². The van der Waals surface area contributed by atoms with Gasteiger partial charge in [0, 0.05) is 85.0 Å². The van der Waals surface area contributed by atoms with Gasteiger partial charge in [0.25, 0.3) is 0 Å². The van der Waals surface area contributed by atoms with Gasteiger partial charge in [0.1, 0.15) is 0 Å². The lowest BCUT2D eigenvalue weighted by Crippen LogP contribution is -2.37. The molecule has 0 bridgehead atoms. The fourth-order valence-corrected chi connectivity index (χ4v) is 13.9. The predicted octanol–water partition coefficient (Wildman–Crippen LogP) is 16.7. The quantitative estimate of drug-likeness (QED) is 0.170. The van der Waals surface area contributed by atoms with Crippen LogP contribution in [0.15, 0.2) is 182 Å². The Balaban J connectivity index is 1.07. The van der Waals surface area contributed by atoms with Gasteiger partial charge in [-0.2, -0.15) is 0 Å². The van der Waals surface area contributed by atoms with Gasteiger partial charge in [0.2, 0.25) is 0 Å². The molecule has 0 amide bonds. The Morgan fingerprint density at radius 1 is 0.515 bits per heavy atom. The van der Waals surface area contributed by atoms with Gasteiger partial charge in [-0.3, -0.25) is 0 Å². The van der Waals surface area contributed by atoms with E-state index in [0.29, 0.717) is 0 Å². The Hall–Kier alpha value is -7.18. The Morgan fingerprint density at radius 3 is 2.03 bits per heavy atom. The fourth-order valence-electron chi connectivity index (χ4n) is 11.6. The van der Waals surface area contributed by atoms with Crippen LogP contribution in [-0.2, 0) is 10.8 Å². The molecule has 323 valence electrons. The van der Waals surface area contributed by atoms with E-state index in [4.69, 9.17) is 0 Å². The van der Waals surface area contributed by atoms with E-state index in [2.05, 4.69) is 234 Å². The molecule has 0 saturated heterocycles. The van der Waals surface area contributed by atoms with Gasteiger partial charge in [-0.05, 0) is 110 Å². The second kappa shape index (κ2) is 14.4. The van der Waals surface area contributed by atoms with Crippen LogP contribution < -0.4 is 16.2 Å². The Labute approximate surface area is 405 Å². The molecular formula is C63H46BN2S2. The van der Waals surface area contributed by atoms with Crippen LogP contribution in [0.25, 0.3) is 102 Å². The van der Waals surface area contributed by atoms with Crippen LogP contribution >= 0.6 is 22.7 Å². The molecule has 1 aliphatic carbocycles. The number of anilines is 2. The number of benzene rings is 9. The van der Waals surface area contributed by atoms with Crippen LogP contribution in [0.3, 0.4) is 0 Å². The van der Waals surface area contributed by atoms with E-state index in [1.54, 1.807) is 0 Å². The maximum absolute atomic E-state index is 4.00. The van der Waals surface area contributed by atoms with Crippen molar-refractivity contribution in [3.05, 3.63) is 199 Å². The van der Waals surface area contributed by atoms with Crippen molar-refractivity contribution in [3.63, 3.8) is 0 Å². The molecule has 2 nitrogen and oxygen atoms in total. The number of rotatable bonds is 5. The monoisotopic (exact) mass is 905 g/mol. The summed E-state index contributed by atoms with van der Waals surface area (Å²) in [4.78, 5) is 1.30. The van der Waals surface area contributed by atoms with Gasteiger partial charge in [-0.25, -0.2) is 0 Å². The highest BCUT2D eigenvalue weighted by molar-refractivity contribution is 7.26. The summed E-state index contributed by atoms with van der Waals surface area (Å²) in [6.07, 6.45) is 0. The van der Waals surface area contributed by atoms with Crippen molar-refractivity contribution in [1.82, 2.24) is 4.57 Å². The number of hydrogen-bond donors (Lipinski definition) is 1. The third-order valence-electron chi connectivity index (χ3n) is 15.0. The third-order valence-corrected chi connectivity index (χ3v) is 17.3. The smallest absolute Gasteiger partial charge is 0.197 e. The van der Waals surface area contributed by atoms with Gasteiger partial charge < -0.3 is 9.88 Å². The zero-order chi connectivity index (χ0) is 45.6. The zero-order valence-electron chi connectivity index (χ0n) is 38.7. The number of thiophene rings is 2. The molecular weight excluding hydrogens is 860 g/mol. The Morgan fingerprint density at radius 2 is 1.24 bits per heavy atom. The average Bonchev–Trinajstić information content (AvgIpc) is 4.07. The van der Waals surface area contributed by atoms with Crippen molar-refractivity contribution in [2.75, 3.05) is 5.32 Å². The lowest BCUT2D eigenvalue weighted by atomic mass is 9.59. The largest absolute Gasteiger partial charge is 0.355 e. The SMILES string of the molecule is CC(C)(C)c1ccc(Nc2cc3c(cc2-c2ccc4c5cc6sc7ccccc7c6cc5n5c4c2[B]c2cc4sc(-c6ccccc6)c(-c6ccccc6)c4cc2-5)-c2ccccc2C3(C)C)cc1. The second-order valence-corrected chi connectivity index (χ2v) is 22.5. The van der Waals surface area contributed by atoms with Gasteiger partial charge in [-0.1, -0.05) is 167 Å².